The number of hydrogen-bond donors (Lipinski definition) is 2. The van der Waals surface area contributed by atoms with Crippen molar-refractivity contribution in [2.45, 2.75) is 44.3 Å². The van der Waals surface area contributed by atoms with Crippen molar-refractivity contribution < 1.29 is 13.2 Å². The number of nitrogens with two attached hydrogens (primary N) is 1. The Morgan fingerprint density at radius 1 is 1.24 bits per heavy atom. The van der Waals surface area contributed by atoms with Crippen LogP contribution in [0.4, 0.5) is 13.2 Å². The predicted molar refractivity (Wildman–Crippen MR) is 85.5 cm³/mol. The fraction of sp³-hybridized carbons (Fsp3) is 0.600. The van der Waals surface area contributed by atoms with Crippen LogP contribution in [0.25, 0.3) is 0 Å². The van der Waals surface area contributed by atoms with Gasteiger partial charge in [0.1, 0.15) is 0 Å². The average Bonchev–Trinajstić information content (AvgIpc) is 2.46. The Balaban J connectivity index is 2.01. The van der Waals surface area contributed by atoms with Gasteiger partial charge in [0.05, 0.1) is 5.92 Å². The average molecular weight is 412 g/mol. The van der Waals surface area contributed by atoms with Crippen LogP contribution >= 0.6 is 22.6 Å². The summed E-state index contributed by atoms with van der Waals surface area (Å²) in [7, 11) is 0. The summed E-state index contributed by atoms with van der Waals surface area (Å²) >= 11 is 2.23. The summed E-state index contributed by atoms with van der Waals surface area (Å²) < 4.78 is 39.8. The molecule has 1 aromatic rings. The van der Waals surface area contributed by atoms with Gasteiger partial charge in [0.2, 0.25) is 0 Å². The normalized spacial score (nSPS) is 24.8. The highest BCUT2D eigenvalue weighted by atomic mass is 127. The van der Waals surface area contributed by atoms with Crippen molar-refractivity contribution in [2.75, 3.05) is 0 Å². The van der Waals surface area contributed by atoms with Gasteiger partial charge in [-0.2, -0.15) is 13.2 Å². The van der Waals surface area contributed by atoms with Crippen molar-refractivity contribution in [2.24, 2.45) is 17.7 Å². The summed E-state index contributed by atoms with van der Waals surface area (Å²) in [6.45, 7) is 0. The summed E-state index contributed by atoms with van der Waals surface area (Å²) in [5.74, 6) is 4.41. The number of alkyl halides is 3. The van der Waals surface area contributed by atoms with Crippen LogP contribution in [-0.4, -0.2) is 12.2 Å². The highest BCUT2D eigenvalue weighted by molar-refractivity contribution is 14.1. The minimum Gasteiger partial charge on any atom is -0.271 e. The van der Waals surface area contributed by atoms with E-state index in [1.165, 1.54) is 0 Å². The zero-order valence-corrected chi connectivity index (χ0v) is 13.8. The van der Waals surface area contributed by atoms with Crippen molar-refractivity contribution in [3.05, 3.63) is 33.4 Å². The van der Waals surface area contributed by atoms with Gasteiger partial charge >= 0.3 is 6.18 Å². The SMILES string of the molecule is NNC(Cc1ccc(I)cc1)C1CCCC(C(F)(F)F)C1. The molecule has 0 radical (unpaired) electrons. The molecule has 0 heterocycles. The second-order valence-electron chi connectivity index (χ2n) is 5.77. The van der Waals surface area contributed by atoms with Gasteiger partial charge in [0.15, 0.2) is 0 Å². The second-order valence-corrected chi connectivity index (χ2v) is 7.01. The van der Waals surface area contributed by atoms with Crippen LogP contribution in [0.3, 0.4) is 0 Å². The summed E-state index contributed by atoms with van der Waals surface area (Å²) in [6.07, 6.45) is -1.54. The predicted octanol–water partition coefficient (Wildman–Crippen LogP) is 4.03. The van der Waals surface area contributed by atoms with Crippen molar-refractivity contribution in [3.8, 4) is 0 Å². The van der Waals surface area contributed by atoms with Crippen LogP contribution in [0, 0.1) is 15.4 Å². The van der Waals surface area contributed by atoms with Gasteiger partial charge in [-0.05, 0) is 71.9 Å². The summed E-state index contributed by atoms with van der Waals surface area (Å²) in [6, 6.07) is 7.92. The van der Waals surface area contributed by atoms with Gasteiger partial charge in [-0.25, -0.2) is 0 Å². The van der Waals surface area contributed by atoms with Gasteiger partial charge in [-0.15, -0.1) is 0 Å². The number of rotatable bonds is 4. The Bertz CT molecular complexity index is 447. The molecule has 1 aliphatic rings. The number of hydrogen-bond acceptors (Lipinski definition) is 2. The Hall–Kier alpha value is -0.340. The lowest BCUT2D eigenvalue weighted by molar-refractivity contribution is -0.186. The zero-order chi connectivity index (χ0) is 15.5. The molecule has 1 saturated carbocycles. The number of halogens is 4. The molecule has 3 N–H and O–H groups in total. The van der Waals surface area contributed by atoms with Crippen molar-refractivity contribution in [1.29, 1.82) is 0 Å². The van der Waals surface area contributed by atoms with Crippen LogP contribution in [0.5, 0.6) is 0 Å². The number of nitrogens with one attached hydrogen (secondary N) is 1. The molecule has 0 aromatic heterocycles. The number of benzene rings is 1. The third-order valence-corrected chi connectivity index (χ3v) is 5.05. The van der Waals surface area contributed by atoms with E-state index in [0.717, 1.165) is 15.6 Å². The molecule has 21 heavy (non-hydrogen) atoms. The maximum Gasteiger partial charge on any atom is 0.391 e. The van der Waals surface area contributed by atoms with E-state index in [1.54, 1.807) is 0 Å². The third kappa shape index (κ3) is 4.82. The van der Waals surface area contributed by atoms with Gasteiger partial charge in [-0.1, -0.05) is 18.6 Å². The van der Waals surface area contributed by atoms with Crippen LogP contribution in [0.2, 0.25) is 0 Å². The molecular formula is C15H20F3IN2. The Morgan fingerprint density at radius 2 is 1.90 bits per heavy atom. The molecule has 1 aromatic carbocycles. The molecule has 1 aliphatic carbocycles. The summed E-state index contributed by atoms with van der Waals surface area (Å²) in [5, 5.41) is 0. The quantitative estimate of drug-likeness (QED) is 0.445. The smallest absolute Gasteiger partial charge is 0.271 e. The minimum atomic E-state index is -4.08. The van der Waals surface area contributed by atoms with E-state index >= 15 is 0 Å². The lowest BCUT2D eigenvalue weighted by Gasteiger charge is -2.35. The van der Waals surface area contributed by atoms with E-state index in [0.29, 0.717) is 12.8 Å². The van der Waals surface area contributed by atoms with Gasteiger partial charge in [-0.3, -0.25) is 11.3 Å². The van der Waals surface area contributed by atoms with E-state index in [2.05, 4.69) is 28.0 Å². The minimum absolute atomic E-state index is 0.0188. The molecule has 0 saturated heterocycles. The maximum atomic E-state index is 12.9. The maximum absolute atomic E-state index is 12.9. The molecule has 118 valence electrons. The van der Waals surface area contributed by atoms with E-state index in [9.17, 15) is 13.2 Å². The third-order valence-electron chi connectivity index (χ3n) is 4.33. The molecule has 0 spiro atoms. The standard InChI is InChI=1S/C15H20F3IN2/c16-15(17,18)12-3-1-2-11(9-12)14(21-20)8-10-4-6-13(19)7-5-10/h4-7,11-12,14,21H,1-3,8-9,20H2. The van der Waals surface area contributed by atoms with E-state index < -0.39 is 12.1 Å². The molecule has 2 nitrogen and oxygen atoms in total. The Labute approximate surface area is 136 Å². The van der Waals surface area contributed by atoms with Gasteiger partial charge < -0.3 is 0 Å². The van der Waals surface area contributed by atoms with E-state index in [1.807, 2.05) is 24.3 Å². The van der Waals surface area contributed by atoms with Gasteiger partial charge in [0.25, 0.3) is 0 Å². The highest BCUT2D eigenvalue weighted by Crippen LogP contribution is 2.41. The molecule has 0 bridgehead atoms. The molecule has 1 fully saturated rings. The van der Waals surface area contributed by atoms with Crippen LogP contribution in [0.15, 0.2) is 24.3 Å². The molecule has 2 rings (SSSR count). The Morgan fingerprint density at radius 3 is 2.48 bits per heavy atom. The molecule has 3 unspecified atom stereocenters. The first-order valence-electron chi connectivity index (χ1n) is 7.17. The topological polar surface area (TPSA) is 38.0 Å². The fourth-order valence-electron chi connectivity index (χ4n) is 3.13. The highest BCUT2D eigenvalue weighted by Gasteiger charge is 2.43. The zero-order valence-electron chi connectivity index (χ0n) is 11.7. The van der Waals surface area contributed by atoms with Crippen LogP contribution in [-0.2, 0) is 6.42 Å². The summed E-state index contributed by atoms with van der Waals surface area (Å²) in [4.78, 5) is 0. The monoisotopic (exact) mass is 412 g/mol. The first kappa shape index (κ1) is 17.0. The van der Waals surface area contributed by atoms with Crippen molar-refractivity contribution >= 4 is 22.6 Å². The summed E-state index contributed by atoms with van der Waals surface area (Å²) in [5.41, 5.74) is 3.84. The van der Waals surface area contributed by atoms with Gasteiger partial charge in [0, 0.05) is 9.61 Å². The molecule has 0 amide bonds. The molecular weight excluding hydrogens is 392 g/mol. The van der Waals surface area contributed by atoms with E-state index in [4.69, 9.17) is 5.84 Å². The lowest BCUT2D eigenvalue weighted by atomic mass is 9.76. The largest absolute Gasteiger partial charge is 0.391 e. The Kier molecular flexibility index (Phi) is 5.90. The van der Waals surface area contributed by atoms with Crippen LogP contribution in [0.1, 0.15) is 31.2 Å². The first-order chi connectivity index (χ1) is 9.90. The molecule has 0 aliphatic heterocycles. The second kappa shape index (κ2) is 7.28. The molecule has 3 atom stereocenters. The number of hydrazine groups is 1. The first-order valence-corrected chi connectivity index (χ1v) is 8.25. The molecule has 6 heteroatoms. The van der Waals surface area contributed by atoms with Crippen LogP contribution < -0.4 is 11.3 Å². The van der Waals surface area contributed by atoms with Crippen molar-refractivity contribution in [3.63, 3.8) is 0 Å². The fourth-order valence-corrected chi connectivity index (χ4v) is 3.49. The lowest BCUT2D eigenvalue weighted by Crippen LogP contribution is -2.45. The van der Waals surface area contributed by atoms with E-state index in [-0.39, 0.29) is 24.8 Å². The van der Waals surface area contributed by atoms with Crippen molar-refractivity contribution in [1.82, 2.24) is 5.43 Å².